The summed E-state index contributed by atoms with van der Waals surface area (Å²) in [6.45, 7) is 6.35. The number of hydrogen-bond acceptors (Lipinski definition) is 6. The maximum absolute atomic E-state index is 15.3. The van der Waals surface area contributed by atoms with Gasteiger partial charge in [-0.05, 0) is 51.3 Å². The zero-order chi connectivity index (χ0) is 24.2. The van der Waals surface area contributed by atoms with Crippen molar-refractivity contribution in [1.29, 1.82) is 0 Å². The molecule has 2 aromatic rings. The summed E-state index contributed by atoms with van der Waals surface area (Å²) in [4.78, 5) is 26.1. The van der Waals surface area contributed by atoms with E-state index in [-0.39, 0.29) is 40.7 Å². The zero-order valence-electron chi connectivity index (χ0n) is 20.2. The molecule has 1 aromatic carbocycles. The van der Waals surface area contributed by atoms with Crippen LogP contribution >= 0.6 is 11.9 Å². The van der Waals surface area contributed by atoms with E-state index in [0.717, 1.165) is 56.3 Å². The monoisotopic (exact) mass is 491 g/mol. The van der Waals surface area contributed by atoms with Crippen LogP contribution in [0.15, 0.2) is 16.9 Å². The van der Waals surface area contributed by atoms with Gasteiger partial charge >= 0.3 is 5.69 Å². The van der Waals surface area contributed by atoms with E-state index >= 15 is 4.39 Å². The molecule has 2 aliphatic rings. The quantitative estimate of drug-likeness (QED) is 0.569. The Morgan fingerprint density at radius 1 is 1.29 bits per heavy atom. The first kappa shape index (κ1) is 24.8. The largest absolute Gasteiger partial charge is 0.490 e. The third kappa shape index (κ3) is 5.33. The van der Waals surface area contributed by atoms with E-state index in [9.17, 15) is 9.59 Å². The summed E-state index contributed by atoms with van der Waals surface area (Å²) >= 11 is 1.70. The molecule has 1 atom stereocenters. The third-order valence-electron chi connectivity index (χ3n) is 6.56. The summed E-state index contributed by atoms with van der Waals surface area (Å²) in [5, 5.41) is 7.44. The molecular formula is C24H34FN5O3S. The van der Waals surface area contributed by atoms with Crippen LogP contribution in [-0.4, -0.2) is 56.1 Å². The Hall–Kier alpha value is -2.33. The smallest absolute Gasteiger partial charge is 0.350 e. The van der Waals surface area contributed by atoms with Gasteiger partial charge in [-0.15, -0.1) is 5.10 Å². The molecule has 1 N–H and O–H groups in total. The molecule has 0 saturated carbocycles. The van der Waals surface area contributed by atoms with E-state index in [1.807, 2.05) is 13.2 Å². The summed E-state index contributed by atoms with van der Waals surface area (Å²) in [5.41, 5.74) is -0.206. The van der Waals surface area contributed by atoms with E-state index in [4.69, 9.17) is 4.74 Å². The molecule has 10 heteroatoms. The number of fused-ring (bicyclic) bond motifs is 1. The Labute approximate surface area is 204 Å². The van der Waals surface area contributed by atoms with Crippen LogP contribution in [0.3, 0.4) is 0 Å². The second kappa shape index (κ2) is 10.9. The molecule has 1 fully saturated rings. The van der Waals surface area contributed by atoms with Crippen LogP contribution in [0.5, 0.6) is 5.75 Å². The number of ether oxygens (including phenoxy) is 1. The minimum Gasteiger partial charge on any atom is -0.490 e. The Bertz CT molecular complexity index is 1080. The molecule has 0 radical (unpaired) electrons. The number of hydrogen-bond donors (Lipinski definition) is 1. The van der Waals surface area contributed by atoms with Gasteiger partial charge in [-0.1, -0.05) is 25.3 Å². The molecule has 0 spiro atoms. The average Bonchev–Trinajstić information content (AvgIpc) is 3.17. The van der Waals surface area contributed by atoms with Crippen molar-refractivity contribution < 1.29 is 13.9 Å². The minimum atomic E-state index is -0.671. The van der Waals surface area contributed by atoms with Gasteiger partial charge in [0.1, 0.15) is 23.1 Å². The molecule has 3 heterocycles. The number of aryl methyl sites for hydroxylation is 1. The Morgan fingerprint density at radius 3 is 2.74 bits per heavy atom. The third-order valence-corrected chi connectivity index (χ3v) is 7.45. The maximum atomic E-state index is 15.3. The number of piperidine rings is 1. The van der Waals surface area contributed by atoms with E-state index in [0.29, 0.717) is 18.8 Å². The molecule has 0 bridgehead atoms. The van der Waals surface area contributed by atoms with Crippen molar-refractivity contribution in [3.8, 4) is 11.4 Å². The lowest BCUT2D eigenvalue weighted by molar-refractivity contribution is 0.0917. The van der Waals surface area contributed by atoms with Crippen molar-refractivity contribution in [3.05, 3.63) is 39.8 Å². The topological polar surface area (TPSA) is 81.4 Å². The fourth-order valence-electron chi connectivity index (χ4n) is 4.66. The van der Waals surface area contributed by atoms with Gasteiger partial charge in [0, 0.05) is 38.2 Å². The predicted molar refractivity (Wildman–Crippen MR) is 131 cm³/mol. The van der Waals surface area contributed by atoms with Gasteiger partial charge < -0.3 is 10.1 Å². The summed E-state index contributed by atoms with van der Waals surface area (Å²) < 4.78 is 26.4. The van der Waals surface area contributed by atoms with Gasteiger partial charge in [-0.3, -0.25) is 13.7 Å². The first-order chi connectivity index (χ1) is 16.4. The molecule has 1 unspecified atom stereocenters. The van der Waals surface area contributed by atoms with Crippen molar-refractivity contribution in [3.63, 3.8) is 0 Å². The maximum Gasteiger partial charge on any atom is 0.350 e. The van der Waals surface area contributed by atoms with Gasteiger partial charge in [0.25, 0.3) is 5.91 Å². The first-order valence-electron chi connectivity index (χ1n) is 12.2. The highest BCUT2D eigenvalue weighted by Gasteiger charge is 2.26. The highest BCUT2D eigenvalue weighted by atomic mass is 32.2. The lowest BCUT2D eigenvalue weighted by atomic mass is 10.1. The summed E-state index contributed by atoms with van der Waals surface area (Å²) in [5.74, 6) is -0.0937. The van der Waals surface area contributed by atoms with Crippen molar-refractivity contribution in [1.82, 2.24) is 24.0 Å². The Kier molecular flexibility index (Phi) is 7.98. The zero-order valence-corrected chi connectivity index (χ0v) is 21.0. The lowest BCUT2D eigenvalue weighted by Crippen LogP contribution is -2.42. The molecular weight excluding hydrogens is 457 g/mol. The molecule has 1 saturated heterocycles. The molecule has 1 amide bonds. The van der Waals surface area contributed by atoms with Crippen molar-refractivity contribution >= 4 is 17.9 Å². The van der Waals surface area contributed by atoms with E-state index in [2.05, 4.69) is 21.6 Å². The Balaban J connectivity index is 1.65. The van der Waals surface area contributed by atoms with Crippen LogP contribution in [0.25, 0.3) is 5.69 Å². The number of benzene rings is 1. The molecule has 186 valence electrons. The second-order valence-electron chi connectivity index (χ2n) is 9.10. The van der Waals surface area contributed by atoms with Gasteiger partial charge in [0.15, 0.2) is 0 Å². The van der Waals surface area contributed by atoms with E-state index in [1.165, 1.54) is 12.1 Å². The molecule has 1 aromatic heterocycles. The number of nitrogens with zero attached hydrogens (tertiary/aromatic N) is 4. The molecule has 8 nitrogen and oxygen atoms in total. The number of carbonyl (C=O) groups is 1. The van der Waals surface area contributed by atoms with Gasteiger partial charge in [0.05, 0.1) is 11.7 Å². The van der Waals surface area contributed by atoms with E-state index < -0.39 is 5.82 Å². The molecule has 34 heavy (non-hydrogen) atoms. The highest BCUT2D eigenvalue weighted by molar-refractivity contribution is 7.96. The summed E-state index contributed by atoms with van der Waals surface area (Å²) in [6.07, 6.45) is 7.82. The number of amides is 1. The molecule has 4 rings (SSSR count). The number of carbonyl (C=O) groups excluding carboxylic acids is 1. The predicted octanol–water partition coefficient (Wildman–Crippen LogP) is 3.55. The summed E-state index contributed by atoms with van der Waals surface area (Å²) in [6, 6.07) is 2.66. The van der Waals surface area contributed by atoms with E-state index in [1.54, 1.807) is 16.5 Å². The second-order valence-corrected chi connectivity index (χ2v) is 9.98. The van der Waals surface area contributed by atoms with Crippen LogP contribution < -0.4 is 15.7 Å². The van der Waals surface area contributed by atoms with Crippen LogP contribution in [-0.2, 0) is 13.0 Å². The molecule has 2 aliphatic heterocycles. The van der Waals surface area contributed by atoms with Crippen LogP contribution in [0.1, 0.15) is 68.6 Å². The lowest BCUT2D eigenvalue weighted by Gasteiger charge is -2.30. The summed E-state index contributed by atoms with van der Waals surface area (Å²) in [7, 11) is 0. The SMILES string of the molecule is CCCC(C)Oc1cc(-n2nc3n(c2=O)CCCC3)c(F)cc1C(=O)NC1CCN(SC)CC1. The first-order valence-corrected chi connectivity index (χ1v) is 13.4. The fourth-order valence-corrected chi connectivity index (χ4v) is 5.24. The van der Waals surface area contributed by atoms with Crippen LogP contribution in [0.4, 0.5) is 4.39 Å². The van der Waals surface area contributed by atoms with Gasteiger partial charge in [-0.25, -0.2) is 9.18 Å². The number of nitrogens with one attached hydrogen (secondary N) is 1. The number of rotatable bonds is 8. The van der Waals surface area contributed by atoms with Crippen molar-refractivity contribution in [2.75, 3.05) is 19.3 Å². The number of aromatic nitrogens is 3. The normalized spacial score (nSPS) is 17.9. The van der Waals surface area contributed by atoms with Crippen LogP contribution in [0, 0.1) is 5.82 Å². The Morgan fingerprint density at radius 2 is 2.06 bits per heavy atom. The minimum absolute atomic E-state index is 0.00965. The van der Waals surface area contributed by atoms with Crippen LogP contribution in [0.2, 0.25) is 0 Å². The fraction of sp³-hybridized carbons (Fsp3) is 0.625. The average molecular weight is 492 g/mol. The van der Waals surface area contributed by atoms with Crippen molar-refractivity contribution in [2.45, 2.75) is 77.5 Å². The van der Waals surface area contributed by atoms with Crippen molar-refractivity contribution in [2.24, 2.45) is 0 Å². The standard InChI is InChI=1S/C24H34FN5O3S/c1-4-7-16(2)33-21-15-20(30-24(32)29-11-6-5-8-22(29)27-30)19(25)14-18(21)23(31)26-17-9-12-28(34-3)13-10-17/h14-17H,4-13H2,1-3H3,(H,26,31). The molecule has 0 aliphatic carbocycles. The van der Waals surface area contributed by atoms with Gasteiger partial charge in [0.2, 0.25) is 0 Å². The number of halogens is 1. The van der Waals surface area contributed by atoms with Gasteiger partial charge in [-0.2, -0.15) is 4.68 Å². The highest BCUT2D eigenvalue weighted by Crippen LogP contribution is 2.28.